The molecule has 0 spiro atoms. The molecule has 1 aromatic heterocycles. The molecule has 1 fully saturated rings. The van der Waals surface area contributed by atoms with Gasteiger partial charge in [0.15, 0.2) is 11.5 Å². The Morgan fingerprint density at radius 2 is 2.02 bits per heavy atom. The van der Waals surface area contributed by atoms with Gasteiger partial charge in [0.1, 0.15) is 11.8 Å². The van der Waals surface area contributed by atoms with Crippen LogP contribution in [0.1, 0.15) is 39.8 Å². The molecule has 210 valence electrons. The Hall–Kier alpha value is -4.38. The van der Waals surface area contributed by atoms with E-state index in [-0.39, 0.29) is 17.7 Å². The summed E-state index contributed by atoms with van der Waals surface area (Å²) in [6.45, 7) is 11.5. The fraction of sp³-hybridized carbons (Fsp3) is 0.400. The smallest absolute Gasteiger partial charge is 0.248 e. The average molecular weight is 545 g/mol. The average Bonchev–Trinajstić information content (AvgIpc) is 3.20. The van der Waals surface area contributed by atoms with Gasteiger partial charge in [0.2, 0.25) is 5.91 Å². The number of amides is 1. The highest BCUT2D eigenvalue weighted by Crippen LogP contribution is 2.35. The second-order valence-electron chi connectivity index (χ2n) is 8.90. The number of nitrogens with one attached hydrogen (secondary N) is 2. The fourth-order valence-corrected chi connectivity index (χ4v) is 3.92. The highest BCUT2D eigenvalue weighted by Gasteiger charge is 2.18. The maximum absolute atomic E-state index is 12.8. The molecule has 4 rings (SSSR count). The van der Waals surface area contributed by atoms with Crippen molar-refractivity contribution in [2.24, 2.45) is 0 Å². The number of ether oxygens (including phenoxy) is 3. The second kappa shape index (κ2) is 15.3. The molecule has 0 bridgehead atoms. The summed E-state index contributed by atoms with van der Waals surface area (Å²) in [7, 11) is 1.56. The zero-order valence-electron chi connectivity index (χ0n) is 23.7. The van der Waals surface area contributed by atoms with Crippen LogP contribution in [0.4, 0.5) is 11.4 Å². The Labute approximate surface area is 235 Å². The Balaban J connectivity index is 0.00000216. The van der Waals surface area contributed by atoms with Crippen molar-refractivity contribution in [3.05, 3.63) is 53.6 Å². The lowest BCUT2D eigenvalue weighted by Crippen LogP contribution is -2.36. The highest BCUT2D eigenvalue weighted by atomic mass is 16.5. The molecular formula is C30H36N6O4. The van der Waals surface area contributed by atoms with Crippen LogP contribution in [-0.4, -0.2) is 67.1 Å². The van der Waals surface area contributed by atoms with Gasteiger partial charge in [0.25, 0.3) is 0 Å². The molecule has 1 aliphatic carbocycles. The van der Waals surface area contributed by atoms with E-state index in [1.165, 1.54) is 6.08 Å². The minimum atomic E-state index is -0.290. The summed E-state index contributed by atoms with van der Waals surface area (Å²) in [5, 5.41) is 24.9. The van der Waals surface area contributed by atoms with Gasteiger partial charge in [-0.25, -0.2) is 0 Å². The molecular weight excluding hydrogens is 508 g/mol. The number of hydrogen-bond donors (Lipinski definition) is 2. The van der Waals surface area contributed by atoms with E-state index in [1.807, 2.05) is 39.8 Å². The van der Waals surface area contributed by atoms with E-state index in [4.69, 9.17) is 14.2 Å². The number of carbonyl (C=O) groups is 1. The topological polar surface area (TPSA) is 122 Å². The molecule has 1 amide bonds. The summed E-state index contributed by atoms with van der Waals surface area (Å²) in [5.41, 5.74) is 2.32. The molecule has 2 aliphatic rings. The number of aromatic nitrogens is 2. The fourth-order valence-electron chi connectivity index (χ4n) is 3.92. The zero-order chi connectivity index (χ0) is 28.9. The summed E-state index contributed by atoms with van der Waals surface area (Å²) in [6.07, 6.45) is 7.22. The molecule has 2 heterocycles. The summed E-state index contributed by atoms with van der Waals surface area (Å²) in [6, 6.07) is 5.56. The largest absolute Gasteiger partial charge is 0.489 e. The summed E-state index contributed by atoms with van der Waals surface area (Å²) in [4.78, 5) is 15.0. The Bertz CT molecular complexity index is 1390. The molecule has 0 unspecified atom stereocenters. The van der Waals surface area contributed by atoms with Crippen LogP contribution in [0.25, 0.3) is 10.9 Å². The van der Waals surface area contributed by atoms with Gasteiger partial charge >= 0.3 is 0 Å². The first-order valence-electron chi connectivity index (χ1n) is 13.4. The first-order valence-corrected chi connectivity index (χ1v) is 13.4. The van der Waals surface area contributed by atoms with E-state index in [9.17, 15) is 10.1 Å². The number of nitrogens with zero attached hydrogens (tertiary/aromatic N) is 4. The van der Waals surface area contributed by atoms with Gasteiger partial charge in [-0.05, 0) is 38.0 Å². The number of allylic oxidation sites excluding steroid dienone is 4. The third kappa shape index (κ3) is 8.31. The Morgan fingerprint density at radius 1 is 1.25 bits per heavy atom. The maximum atomic E-state index is 12.8. The number of fused-ring (bicyclic) bond motifs is 1. The van der Waals surface area contributed by atoms with Crippen LogP contribution in [0.15, 0.2) is 47.9 Å². The molecule has 1 aromatic carbocycles. The van der Waals surface area contributed by atoms with Gasteiger partial charge in [0, 0.05) is 49.3 Å². The first kappa shape index (κ1) is 30.2. The van der Waals surface area contributed by atoms with E-state index in [0.717, 1.165) is 18.8 Å². The van der Waals surface area contributed by atoms with E-state index in [2.05, 4.69) is 43.6 Å². The van der Waals surface area contributed by atoms with Crippen LogP contribution in [0, 0.1) is 23.2 Å². The number of benzene rings is 1. The van der Waals surface area contributed by atoms with E-state index < -0.39 is 0 Å². The van der Waals surface area contributed by atoms with Crippen molar-refractivity contribution in [1.82, 2.24) is 15.1 Å². The predicted molar refractivity (Wildman–Crippen MR) is 156 cm³/mol. The highest BCUT2D eigenvalue weighted by molar-refractivity contribution is 6.04. The molecule has 2 N–H and O–H groups in total. The molecule has 1 saturated heterocycles. The van der Waals surface area contributed by atoms with Gasteiger partial charge in [-0.15, -0.1) is 10.2 Å². The van der Waals surface area contributed by atoms with Crippen LogP contribution < -0.4 is 15.4 Å². The number of hydrogen-bond acceptors (Lipinski definition) is 9. The minimum Gasteiger partial charge on any atom is -0.489 e. The van der Waals surface area contributed by atoms with E-state index >= 15 is 0 Å². The van der Waals surface area contributed by atoms with Crippen LogP contribution in [0.2, 0.25) is 0 Å². The zero-order valence-corrected chi connectivity index (χ0v) is 23.7. The number of rotatable bonds is 9. The van der Waals surface area contributed by atoms with Crippen molar-refractivity contribution in [3.8, 4) is 23.7 Å². The quantitative estimate of drug-likeness (QED) is 0.350. The van der Waals surface area contributed by atoms with Gasteiger partial charge in [-0.2, -0.15) is 5.26 Å². The van der Waals surface area contributed by atoms with Crippen LogP contribution in [0.3, 0.4) is 0 Å². The van der Waals surface area contributed by atoms with Gasteiger partial charge < -0.3 is 24.8 Å². The molecule has 40 heavy (non-hydrogen) atoms. The number of nitriles is 1. The standard InChI is InChI=1S/C28H30N6O4.C2H6/c1-19(2)38-26-17-23-22(16-24(26)31-27(35)8-5-11-34-12-14-37-15-13-34)28(25(18-29)33-32-23)30-20-6-4-7-21(36-3)10-9-20;1-2/h5,8-10,16-17,19H,6,11-15H2,1-3H3,(H,30,32)(H,31,35);1-2H3/b8-5+;. The summed E-state index contributed by atoms with van der Waals surface area (Å²) < 4.78 is 16.6. The SMILES string of the molecule is CC.COC1=CC=C(Nc2c(C#N)nnc3cc(OC(C)C)c(NC(=O)/C=C/CN4CCOCC4)cc23)CC#C1. The Morgan fingerprint density at radius 3 is 2.73 bits per heavy atom. The number of anilines is 2. The molecule has 0 saturated carbocycles. The van der Waals surface area contributed by atoms with Gasteiger partial charge in [-0.3, -0.25) is 9.69 Å². The molecule has 10 heteroatoms. The van der Waals surface area contributed by atoms with Gasteiger partial charge in [0.05, 0.1) is 43.3 Å². The first-order chi connectivity index (χ1) is 19.5. The third-order valence-corrected chi connectivity index (χ3v) is 5.76. The minimum absolute atomic E-state index is 0.117. The molecule has 2 aromatic rings. The van der Waals surface area contributed by atoms with E-state index in [0.29, 0.717) is 60.0 Å². The summed E-state index contributed by atoms with van der Waals surface area (Å²) in [5.74, 6) is 6.67. The lowest BCUT2D eigenvalue weighted by Gasteiger charge is -2.25. The maximum Gasteiger partial charge on any atom is 0.248 e. The Kier molecular flexibility index (Phi) is 11.5. The van der Waals surface area contributed by atoms with Crippen molar-refractivity contribution in [3.63, 3.8) is 0 Å². The van der Waals surface area contributed by atoms with Crippen molar-refractivity contribution in [1.29, 1.82) is 5.26 Å². The van der Waals surface area contributed by atoms with E-state index in [1.54, 1.807) is 25.3 Å². The number of morpholine rings is 1. The lowest BCUT2D eigenvalue weighted by atomic mass is 10.1. The monoisotopic (exact) mass is 544 g/mol. The normalized spacial score (nSPS) is 15.0. The molecule has 0 radical (unpaired) electrons. The number of methoxy groups -OCH3 is 1. The molecule has 10 nitrogen and oxygen atoms in total. The van der Waals surface area contributed by atoms with Crippen molar-refractivity contribution >= 4 is 28.2 Å². The third-order valence-electron chi connectivity index (χ3n) is 5.76. The van der Waals surface area contributed by atoms with Crippen LogP contribution >= 0.6 is 0 Å². The lowest BCUT2D eigenvalue weighted by molar-refractivity contribution is -0.111. The van der Waals surface area contributed by atoms with Crippen molar-refractivity contribution in [2.45, 2.75) is 40.2 Å². The van der Waals surface area contributed by atoms with Crippen LogP contribution in [-0.2, 0) is 14.3 Å². The molecule has 0 atom stereocenters. The summed E-state index contributed by atoms with van der Waals surface area (Å²) >= 11 is 0. The van der Waals surface area contributed by atoms with Crippen LogP contribution in [0.5, 0.6) is 5.75 Å². The molecule has 1 aliphatic heterocycles. The predicted octanol–water partition coefficient (Wildman–Crippen LogP) is 4.37. The second-order valence-corrected chi connectivity index (χ2v) is 8.90. The van der Waals surface area contributed by atoms with Crippen molar-refractivity contribution in [2.75, 3.05) is 50.6 Å². The number of carbonyl (C=O) groups excluding carboxylic acids is 1. The van der Waals surface area contributed by atoms with Gasteiger partial charge in [-0.1, -0.05) is 25.8 Å². The van der Waals surface area contributed by atoms with Crippen molar-refractivity contribution < 1.29 is 19.0 Å².